The second-order valence-corrected chi connectivity index (χ2v) is 8.35. The molecule has 0 saturated heterocycles. The predicted molar refractivity (Wildman–Crippen MR) is 88.1 cm³/mol. The lowest BCUT2D eigenvalue weighted by Crippen LogP contribution is -2.47. The van der Waals surface area contributed by atoms with Gasteiger partial charge in [-0.1, -0.05) is 0 Å². The smallest absolute Gasteiger partial charge is 0.306 e. The van der Waals surface area contributed by atoms with Crippen LogP contribution in [0.25, 0.3) is 0 Å². The van der Waals surface area contributed by atoms with Gasteiger partial charge in [-0.2, -0.15) is 0 Å². The standard InChI is InChI=1S/C19H32O4/c1-14(2)22-5-3-21-4-6-23-18(20)13-19-10-15-7-16(11-19)9-17(8-15)12-19/h14-17H,3-13H2,1-2H3. The van der Waals surface area contributed by atoms with Crippen LogP contribution in [0.15, 0.2) is 0 Å². The predicted octanol–water partition coefficient (Wildman–Crippen LogP) is 3.58. The Labute approximate surface area is 140 Å². The van der Waals surface area contributed by atoms with Crippen molar-refractivity contribution in [2.45, 2.75) is 64.9 Å². The minimum absolute atomic E-state index is 0.0195. The zero-order valence-corrected chi connectivity index (χ0v) is 14.7. The second-order valence-electron chi connectivity index (χ2n) is 8.35. The maximum absolute atomic E-state index is 12.2. The molecule has 23 heavy (non-hydrogen) atoms. The zero-order valence-electron chi connectivity index (χ0n) is 14.7. The first-order valence-corrected chi connectivity index (χ1v) is 9.40. The normalized spacial score (nSPS) is 35.0. The third-order valence-electron chi connectivity index (χ3n) is 5.85. The molecule has 4 bridgehead atoms. The van der Waals surface area contributed by atoms with Gasteiger partial charge in [0.05, 0.1) is 32.3 Å². The Bertz CT molecular complexity index is 369. The summed E-state index contributed by atoms with van der Waals surface area (Å²) in [6.45, 7) is 6.00. The molecule has 0 aromatic heterocycles. The van der Waals surface area contributed by atoms with Crippen molar-refractivity contribution < 1.29 is 19.0 Å². The van der Waals surface area contributed by atoms with Crippen molar-refractivity contribution in [2.24, 2.45) is 23.2 Å². The van der Waals surface area contributed by atoms with Crippen LogP contribution in [0.1, 0.15) is 58.8 Å². The molecule has 0 amide bonds. The molecule has 0 aliphatic heterocycles. The molecule has 4 aliphatic rings. The summed E-state index contributed by atoms with van der Waals surface area (Å²) >= 11 is 0. The second kappa shape index (κ2) is 7.52. The Hall–Kier alpha value is -0.610. The highest BCUT2D eigenvalue weighted by molar-refractivity contribution is 5.70. The van der Waals surface area contributed by atoms with Crippen molar-refractivity contribution in [2.75, 3.05) is 26.4 Å². The minimum Gasteiger partial charge on any atom is -0.463 e. The van der Waals surface area contributed by atoms with Crippen LogP contribution in [0.5, 0.6) is 0 Å². The lowest BCUT2D eigenvalue weighted by molar-refractivity contribution is -0.153. The summed E-state index contributed by atoms with van der Waals surface area (Å²) in [5.74, 6) is 2.64. The van der Waals surface area contributed by atoms with E-state index in [0.717, 1.165) is 17.8 Å². The Balaban J connectivity index is 1.31. The Kier molecular flexibility index (Phi) is 5.63. The van der Waals surface area contributed by atoms with E-state index in [9.17, 15) is 4.79 Å². The van der Waals surface area contributed by atoms with Gasteiger partial charge in [0.1, 0.15) is 6.61 Å². The minimum atomic E-state index is -0.0195. The number of rotatable bonds is 9. The van der Waals surface area contributed by atoms with Gasteiger partial charge in [0, 0.05) is 0 Å². The van der Waals surface area contributed by atoms with Crippen molar-refractivity contribution in [3.05, 3.63) is 0 Å². The molecule has 4 nitrogen and oxygen atoms in total. The Morgan fingerprint density at radius 2 is 1.52 bits per heavy atom. The fourth-order valence-corrected chi connectivity index (χ4v) is 5.52. The van der Waals surface area contributed by atoms with E-state index in [-0.39, 0.29) is 17.5 Å². The quantitative estimate of drug-likeness (QED) is 0.480. The average Bonchev–Trinajstić information content (AvgIpc) is 2.43. The molecule has 0 spiro atoms. The topological polar surface area (TPSA) is 44.8 Å². The molecule has 0 N–H and O–H groups in total. The summed E-state index contributed by atoms with van der Waals surface area (Å²) in [6, 6.07) is 0. The van der Waals surface area contributed by atoms with Crippen LogP contribution in [0.4, 0.5) is 0 Å². The van der Waals surface area contributed by atoms with E-state index in [1.54, 1.807) is 0 Å². The number of carbonyl (C=O) groups is 1. The van der Waals surface area contributed by atoms with Crippen molar-refractivity contribution in [3.63, 3.8) is 0 Å². The van der Waals surface area contributed by atoms with Gasteiger partial charge >= 0.3 is 5.97 Å². The molecule has 4 aliphatic carbocycles. The van der Waals surface area contributed by atoms with E-state index in [2.05, 4.69) is 0 Å². The van der Waals surface area contributed by atoms with Crippen LogP contribution in [-0.2, 0) is 19.0 Å². The number of esters is 1. The van der Waals surface area contributed by atoms with Crippen LogP contribution >= 0.6 is 0 Å². The highest BCUT2D eigenvalue weighted by atomic mass is 16.6. The van der Waals surface area contributed by atoms with Gasteiger partial charge in [0.25, 0.3) is 0 Å². The van der Waals surface area contributed by atoms with Gasteiger partial charge in [0.15, 0.2) is 0 Å². The largest absolute Gasteiger partial charge is 0.463 e. The maximum atomic E-state index is 12.2. The van der Waals surface area contributed by atoms with Crippen LogP contribution < -0.4 is 0 Å². The van der Waals surface area contributed by atoms with E-state index in [4.69, 9.17) is 14.2 Å². The molecule has 4 saturated carbocycles. The summed E-state index contributed by atoms with van der Waals surface area (Å²) in [4.78, 5) is 12.2. The molecule has 4 heteroatoms. The molecule has 0 aromatic carbocycles. The van der Waals surface area contributed by atoms with Crippen LogP contribution in [0.3, 0.4) is 0 Å². The molecule has 132 valence electrons. The highest BCUT2D eigenvalue weighted by Crippen LogP contribution is 2.61. The van der Waals surface area contributed by atoms with E-state index < -0.39 is 0 Å². The monoisotopic (exact) mass is 324 g/mol. The van der Waals surface area contributed by atoms with Crippen molar-refractivity contribution in [3.8, 4) is 0 Å². The van der Waals surface area contributed by atoms with Gasteiger partial charge in [-0.25, -0.2) is 0 Å². The Morgan fingerprint density at radius 1 is 0.957 bits per heavy atom. The summed E-state index contributed by atoms with van der Waals surface area (Å²) < 4.78 is 16.2. The zero-order chi connectivity index (χ0) is 16.3. The molecule has 0 heterocycles. The van der Waals surface area contributed by atoms with Crippen molar-refractivity contribution >= 4 is 5.97 Å². The fourth-order valence-electron chi connectivity index (χ4n) is 5.52. The van der Waals surface area contributed by atoms with E-state index in [1.807, 2.05) is 13.8 Å². The Morgan fingerprint density at radius 3 is 2.09 bits per heavy atom. The lowest BCUT2D eigenvalue weighted by Gasteiger charge is -2.56. The van der Waals surface area contributed by atoms with Crippen molar-refractivity contribution in [1.29, 1.82) is 0 Å². The molecule has 0 atom stereocenters. The van der Waals surface area contributed by atoms with Gasteiger partial charge in [0.2, 0.25) is 0 Å². The molecule has 4 fully saturated rings. The number of hydrogen-bond acceptors (Lipinski definition) is 4. The van der Waals surface area contributed by atoms with Crippen LogP contribution in [-0.4, -0.2) is 38.5 Å². The van der Waals surface area contributed by atoms with Gasteiger partial charge < -0.3 is 14.2 Å². The van der Waals surface area contributed by atoms with Gasteiger partial charge in [-0.05, 0) is 75.5 Å². The first-order valence-electron chi connectivity index (χ1n) is 9.40. The third kappa shape index (κ3) is 4.69. The third-order valence-corrected chi connectivity index (χ3v) is 5.85. The fraction of sp³-hybridized carbons (Fsp3) is 0.947. The van der Waals surface area contributed by atoms with E-state index >= 15 is 0 Å². The molecule has 0 radical (unpaired) electrons. The molecule has 0 unspecified atom stereocenters. The highest BCUT2D eigenvalue weighted by Gasteiger charge is 2.51. The maximum Gasteiger partial charge on any atom is 0.306 e. The number of carbonyl (C=O) groups excluding carboxylic acids is 1. The average molecular weight is 324 g/mol. The number of ether oxygens (including phenoxy) is 3. The number of hydrogen-bond donors (Lipinski definition) is 0. The lowest BCUT2D eigenvalue weighted by atomic mass is 9.49. The van der Waals surface area contributed by atoms with Crippen molar-refractivity contribution in [1.82, 2.24) is 0 Å². The molecule has 0 aromatic rings. The van der Waals surface area contributed by atoms with Crippen LogP contribution in [0.2, 0.25) is 0 Å². The van der Waals surface area contributed by atoms with Gasteiger partial charge in [-0.3, -0.25) is 4.79 Å². The summed E-state index contributed by atoms with van der Waals surface area (Å²) in [7, 11) is 0. The summed E-state index contributed by atoms with van der Waals surface area (Å²) in [5, 5.41) is 0. The van der Waals surface area contributed by atoms with Gasteiger partial charge in [-0.15, -0.1) is 0 Å². The van der Waals surface area contributed by atoms with Crippen LogP contribution in [0, 0.1) is 23.2 Å². The molecular formula is C19H32O4. The first-order chi connectivity index (χ1) is 11.0. The van der Waals surface area contributed by atoms with E-state index in [0.29, 0.717) is 32.8 Å². The van der Waals surface area contributed by atoms with E-state index in [1.165, 1.54) is 38.5 Å². The summed E-state index contributed by atoms with van der Waals surface area (Å²) in [5.41, 5.74) is 0.276. The SMILES string of the molecule is CC(C)OCCOCCOC(=O)CC12CC3CC(CC(C3)C1)C2. The summed E-state index contributed by atoms with van der Waals surface area (Å²) in [6.07, 6.45) is 8.90. The molecule has 4 rings (SSSR count). The molecular weight excluding hydrogens is 292 g/mol. The first kappa shape index (κ1) is 17.2.